The minimum Gasteiger partial charge on any atom is -0.465 e. The van der Waals surface area contributed by atoms with Crippen molar-refractivity contribution in [3.8, 4) is 0 Å². The quantitative estimate of drug-likeness (QED) is 0.770. The van der Waals surface area contributed by atoms with Crippen LogP contribution < -0.4 is 0 Å². The molecule has 0 saturated carbocycles. The predicted molar refractivity (Wildman–Crippen MR) is 80.7 cm³/mol. The molecule has 110 valence electrons. The number of esters is 1. The number of rotatable bonds is 5. The molecule has 1 heterocycles. The number of likely N-dealkylation sites (tertiary alicyclic amines) is 1. The summed E-state index contributed by atoms with van der Waals surface area (Å²) < 4.78 is 4.86. The second-order valence-electron chi connectivity index (χ2n) is 5.66. The topological polar surface area (TPSA) is 29.5 Å². The normalized spacial score (nSPS) is 17.1. The molecule has 0 aromatic heterocycles. The van der Waals surface area contributed by atoms with Crippen LogP contribution in [0.15, 0.2) is 24.3 Å². The van der Waals surface area contributed by atoms with Crippen molar-refractivity contribution in [3.05, 3.63) is 35.4 Å². The average molecular weight is 275 g/mol. The summed E-state index contributed by atoms with van der Waals surface area (Å²) in [5.74, 6) is 0.661. The standard InChI is InChI=1S/C17H25NO2/c1-3-6-14-9-11-18(12-10-14)13-15-7-4-5-8-16(15)17(19)20-2/h4-5,7-8,14H,3,6,9-13H2,1-2H3. The smallest absolute Gasteiger partial charge is 0.338 e. The van der Waals surface area contributed by atoms with Crippen LogP contribution in [0.4, 0.5) is 0 Å². The molecule has 1 aromatic rings. The van der Waals surface area contributed by atoms with Crippen molar-refractivity contribution in [3.63, 3.8) is 0 Å². The van der Waals surface area contributed by atoms with Gasteiger partial charge in [-0.15, -0.1) is 0 Å². The molecule has 1 aliphatic heterocycles. The molecule has 0 amide bonds. The van der Waals surface area contributed by atoms with Crippen molar-refractivity contribution in [2.75, 3.05) is 20.2 Å². The van der Waals surface area contributed by atoms with Crippen LogP contribution in [-0.2, 0) is 11.3 Å². The van der Waals surface area contributed by atoms with Crippen molar-refractivity contribution in [1.82, 2.24) is 4.90 Å². The first kappa shape index (κ1) is 15.0. The molecule has 1 aromatic carbocycles. The summed E-state index contributed by atoms with van der Waals surface area (Å²) in [5, 5.41) is 0. The first-order valence-electron chi connectivity index (χ1n) is 7.63. The summed E-state index contributed by atoms with van der Waals surface area (Å²) in [6.45, 7) is 5.39. The first-order chi connectivity index (χ1) is 9.74. The first-order valence-corrected chi connectivity index (χ1v) is 7.63. The number of carbonyl (C=O) groups is 1. The number of carbonyl (C=O) groups excluding carboxylic acids is 1. The van der Waals surface area contributed by atoms with Crippen LogP contribution in [0.5, 0.6) is 0 Å². The van der Waals surface area contributed by atoms with Crippen LogP contribution >= 0.6 is 0 Å². The lowest BCUT2D eigenvalue weighted by atomic mass is 9.92. The third-order valence-electron chi connectivity index (χ3n) is 4.22. The molecule has 1 fully saturated rings. The monoisotopic (exact) mass is 275 g/mol. The summed E-state index contributed by atoms with van der Waals surface area (Å²) in [5.41, 5.74) is 1.78. The molecule has 3 nitrogen and oxygen atoms in total. The molecular weight excluding hydrogens is 250 g/mol. The van der Waals surface area contributed by atoms with Gasteiger partial charge in [0.25, 0.3) is 0 Å². The van der Waals surface area contributed by atoms with Crippen molar-refractivity contribution >= 4 is 5.97 Å². The molecular formula is C17H25NO2. The number of methoxy groups -OCH3 is 1. The Morgan fingerprint density at radius 1 is 1.30 bits per heavy atom. The molecule has 0 spiro atoms. The lowest BCUT2D eigenvalue weighted by molar-refractivity contribution is 0.0597. The van der Waals surface area contributed by atoms with Crippen LogP contribution in [0.2, 0.25) is 0 Å². The molecule has 1 saturated heterocycles. The molecule has 0 radical (unpaired) electrons. The lowest BCUT2D eigenvalue weighted by Crippen LogP contribution is -2.33. The second-order valence-corrected chi connectivity index (χ2v) is 5.66. The van der Waals surface area contributed by atoms with Gasteiger partial charge in [-0.25, -0.2) is 4.79 Å². The predicted octanol–water partition coefficient (Wildman–Crippen LogP) is 3.49. The van der Waals surface area contributed by atoms with Crippen LogP contribution in [0.25, 0.3) is 0 Å². The third kappa shape index (κ3) is 3.83. The van der Waals surface area contributed by atoms with Gasteiger partial charge in [0.1, 0.15) is 0 Å². The number of hydrogen-bond acceptors (Lipinski definition) is 3. The summed E-state index contributed by atoms with van der Waals surface area (Å²) in [6, 6.07) is 7.77. The SMILES string of the molecule is CCCC1CCN(Cc2ccccc2C(=O)OC)CC1. The summed E-state index contributed by atoms with van der Waals surface area (Å²) in [4.78, 5) is 14.2. The Hall–Kier alpha value is -1.35. The Morgan fingerprint density at radius 2 is 2.00 bits per heavy atom. The number of nitrogens with zero attached hydrogens (tertiary/aromatic N) is 1. The Morgan fingerprint density at radius 3 is 2.65 bits per heavy atom. The molecule has 0 aliphatic carbocycles. The average Bonchev–Trinajstić information content (AvgIpc) is 2.49. The van der Waals surface area contributed by atoms with Crippen LogP contribution in [0.1, 0.15) is 48.5 Å². The van der Waals surface area contributed by atoms with Gasteiger partial charge in [0.2, 0.25) is 0 Å². The van der Waals surface area contributed by atoms with Gasteiger partial charge >= 0.3 is 5.97 Å². The highest BCUT2D eigenvalue weighted by molar-refractivity contribution is 5.90. The minimum atomic E-state index is -0.235. The van der Waals surface area contributed by atoms with E-state index < -0.39 is 0 Å². The lowest BCUT2D eigenvalue weighted by Gasteiger charge is -2.32. The molecule has 1 aliphatic rings. The Kier molecular flexibility index (Phi) is 5.60. The molecule has 0 N–H and O–H groups in total. The van der Waals surface area contributed by atoms with Gasteiger partial charge in [-0.05, 0) is 43.5 Å². The zero-order valence-electron chi connectivity index (χ0n) is 12.6. The Labute approximate surface area is 121 Å². The third-order valence-corrected chi connectivity index (χ3v) is 4.22. The summed E-state index contributed by atoms with van der Waals surface area (Å²) in [6.07, 6.45) is 5.21. The zero-order chi connectivity index (χ0) is 14.4. The second kappa shape index (κ2) is 7.44. The van der Waals surface area contributed by atoms with Gasteiger partial charge < -0.3 is 4.74 Å². The van der Waals surface area contributed by atoms with Gasteiger partial charge in [0.05, 0.1) is 12.7 Å². The maximum Gasteiger partial charge on any atom is 0.338 e. The fourth-order valence-electron chi connectivity index (χ4n) is 3.05. The number of hydrogen-bond donors (Lipinski definition) is 0. The minimum absolute atomic E-state index is 0.235. The van der Waals surface area contributed by atoms with E-state index in [1.165, 1.54) is 32.8 Å². The van der Waals surface area contributed by atoms with Gasteiger partial charge in [-0.2, -0.15) is 0 Å². The molecule has 0 unspecified atom stereocenters. The summed E-state index contributed by atoms with van der Waals surface area (Å²) >= 11 is 0. The van der Waals surface area contributed by atoms with E-state index in [2.05, 4.69) is 11.8 Å². The van der Waals surface area contributed by atoms with E-state index >= 15 is 0 Å². The molecule has 3 heteroatoms. The van der Waals surface area contributed by atoms with Gasteiger partial charge in [0, 0.05) is 6.54 Å². The van der Waals surface area contributed by atoms with E-state index in [0.717, 1.165) is 31.1 Å². The number of ether oxygens (including phenoxy) is 1. The van der Waals surface area contributed by atoms with E-state index in [9.17, 15) is 4.79 Å². The van der Waals surface area contributed by atoms with Gasteiger partial charge in [-0.1, -0.05) is 38.0 Å². The Bertz CT molecular complexity index is 436. The van der Waals surface area contributed by atoms with E-state index in [0.29, 0.717) is 5.56 Å². The molecule has 20 heavy (non-hydrogen) atoms. The highest BCUT2D eigenvalue weighted by Gasteiger charge is 2.20. The van der Waals surface area contributed by atoms with Crippen molar-refractivity contribution in [1.29, 1.82) is 0 Å². The fraction of sp³-hybridized carbons (Fsp3) is 0.588. The number of benzene rings is 1. The maximum absolute atomic E-state index is 11.8. The van der Waals surface area contributed by atoms with Crippen LogP contribution in [-0.4, -0.2) is 31.1 Å². The van der Waals surface area contributed by atoms with Crippen LogP contribution in [0.3, 0.4) is 0 Å². The fourth-order valence-corrected chi connectivity index (χ4v) is 3.05. The molecule has 2 rings (SSSR count). The van der Waals surface area contributed by atoms with Crippen LogP contribution in [0, 0.1) is 5.92 Å². The molecule has 0 bridgehead atoms. The van der Waals surface area contributed by atoms with Crippen molar-refractivity contribution in [2.45, 2.75) is 39.2 Å². The zero-order valence-corrected chi connectivity index (χ0v) is 12.6. The van der Waals surface area contributed by atoms with Crippen molar-refractivity contribution in [2.24, 2.45) is 5.92 Å². The highest BCUT2D eigenvalue weighted by atomic mass is 16.5. The van der Waals surface area contributed by atoms with E-state index in [1.54, 1.807) is 0 Å². The van der Waals surface area contributed by atoms with Gasteiger partial charge in [0.15, 0.2) is 0 Å². The van der Waals surface area contributed by atoms with E-state index in [4.69, 9.17) is 4.74 Å². The van der Waals surface area contributed by atoms with E-state index in [1.807, 2.05) is 24.3 Å². The maximum atomic E-state index is 11.8. The largest absolute Gasteiger partial charge is 0.465 e. The number of piperidine rings is 1. The summed E-state index contributed by atoms with van der Waals surface area (Å²) in [7, 11) is 1.44. The van der Waals surface area contributed by atoms with Crippen molar-refractivity contribution < 1.29 is 9.53 Å². The molecule has 0 atom stereocenters. The van der Waals surface area contributed by atoms with Gasteiger partial charge in [-0.3, -0.25) is 4.90 Å². The Balaban J connectivity index is 1.96. The van der Waals surface area contributed by atoms with E-state index in [-0.39, 0.29) is 5.97 Å². The highest BCUT2D eigenvalue weighted by Crippen LogP contribution is 2.23.